The molecule has 2 heterocycles. The van der Waals surface area contributed by atoms with Gasteiger partial charge in [-0.05, 0) is 35.4 Å². The average Bonchev–Trinajstić information content (AvgIpc) is 2.84. The summed E-state index contributed by atoms with van der Waals surface area (Å²) >= 11 is 0. The predicted molar refractivity (Wildman–Crippen MR) is 124 cm³/mol. The Morgan fingerprint density at radius 2 is 0.947 bits per heavy atom. The Kier molecular flexibility index (Phi) is 11.4. The van der Waals surface area contributed by atoms with Gasteiger partial charge in [-0.25, -0.2) is 46.7 Å². The van der Waals surface area contributed by atoms with E-state index < -0.39 is 30.0 Å². The number of hydrogen-bond acceptors (Lipinski definition) is 14. The Bertz CT molecular complexity index is 1520. The van der Waals surface area contributed by atoms with Gasteiger partial charge < -0.3 is 19.7 Å². The van der Waals surface area contributed by atoms with E-state index in [4.69, 9.17) is 0 Å². The fourth-order valence-corrected chi connectivity index (χ4v) is 4.37. The number of rotatable bonds is 8. The van der Waals surface area contributed by atoms with Crippen LogP contribution in [-0.2, 0) is 20.2 Å². The minimum atomic E-state index is -4.94. The van der Waals surface area contributed by atoms with Crippen LogP contribution in [0.5, 0.6) is 0 Å². The summed E-state index contributed by atoms with van der Waals surface area (Å²) in [5, 5.41) is 5.48. The van der Waals surface area contributed by atoms with Crippen molar-refractivity contribution in [2.24, 2.45) is 0 Å². The van der Waals surface area contributed by atoms with Gasteiger partial charge in [0.1, 0.15) is 45.5 Å². The van der Waals surface area contributed by atoms with E-state index in [1.807, 2.05) is 0 Å². The molecule has 18 heteroatoms. The maximum absolute atomic E-state index is 11.9. The molecule has 4 rings (SSSR count). The van der Waals surface area contributed by atoms with Crippen LogP contribution in [0.2, 0.25) is 0 Å². The first-order valence-corrected chi connectivity index (χ1v) is 12.6. The van der Waals surface area contributed by atoms with Gasteiger partial charge in [-0.3, -0.25) is 0 Å². The summed E-state index contributed by atoms with van der Waals surface area (Å²) in [6.07, 6.45) is 7.32. The van der Waals surface area contributed by atoms with Crippen LogP contribution >= 0.6 is 0 Å². The second-order valence-corrected chi connectivity index (χ2v) is 9.62. The van der Waals surface area contributed by atoms with E-state index in [0.29, 0.717) is 0 Å². The van der Waals surface area contributed by atoms with E-state index in [1.54, 1.807) is 0 Å². The SMILES string of the molecule is O=S(=O)([O-])c1cc(Nc2ncncn2)ccc1C=Cc1ccc(Nc2ncncn2)cc1S(=O)(=O)[O-].[Na+].[Na+]. The number of benzene rings is 2. The Morgan fingerprint density at radius 3 is 1.26 bits per heavy atom. The first-order valence-electron chi connectivity index (χ1n) is 9.76. The molecule has 14 nitrogen and oxygen atoms in total. The molecule has 0 saturated carbocycles. The minimum Gasteiger partial charge on any atom is -0.744 e. The van der Waals surface area contributed by atoms with Crippen LogP contribution in [0.3, 0.4) is 0 Å². The predicted octanol–water partition coefficient (Wildman–Crippen LogP) is -4.47. The second-order valence-electron chi connectivity index (χ2n) is 6.92. The Morgan fingerprint density at radius 1 is 0.605 bits per heavy atom. The third-order valence-electron chi connectivity index (χ3n) is 4.51. The molecule has 2 aromatic carbocycles. The van der Waals surface area contributed by atoms with Gasteiger partial charge in [0.15, 0.2) is 0 Å². The summed E-state index contributed by atoms with van der Waals surface area (Å²) in [7, 11) is -9.87. The molecule has 0 unspecified atom stereocenters. The van der Waals surface area contributed by atoms with Gasteiger partial charge in [0.05, 0.1) is 9.79 Å². The summed E-state index contributed by atoms with van der Waals surface area (Å²) in [5.41, 5.74) is 0.356. The van der Waals surface area contributed by atoms with E-state index in [1.165, 1.54) is 61.7 Å². The molecular weight excluding hydrogens is 558 g/mol. The van der Waals surface area contributed by atoms with Crippen LogP contribution in [0.4, 0.5) is 23.3 Å². The van der Waals surface area contributed by atoms with Crippen molar-refractivity contribution >= 4 is 55.7 Å². The van der Waals surface area contributed by atoms with Crippen molar-refractivity contribution in [1.82, 2.24) is 29.9 Å². The van der Waals surface area contributed by atoms with Crippen LogP contribution in [0.25, 0.3) is 12.2 Å². The van der Waals surface area contributed by atoms with E-state index in [9.17, 15) is 25.9 Å². The molecule has 38 heavy (non-hydrogen) atoms. The van der Waals surface area contributed by atoms with Crippen molar-refractivity contribution < 1.29 is 85.1 Å². The van der Waals surface area contributed by atoms with Crippen LogP contribution in [-0.4, -0.2) is 55.8 Å². The molecule has 0 aliphatic rings. The molecule has 4 aromatic rings. The number of anilines is 4. The number of hydrogen-bond donors (Lipinski definition) is 2. The van der Waals surface area contributed by atoms with Gasteiger partial charge in [-0.15, -0.1) is 0 Å². The first-order chi connectivity index (χ1) is 17.1. The third kappa shape index (κ3) is 8.57. The Balaban J connectivity index is 0.00000253. The maximum atomic E-state index is 11.9. The largest absolute Gasteiger partial charge is 1.00 e. The van der Waals surface area contributed by atoms with E-state index in [2.05, 4.69) is 40.5 Å². The minimum absolute atomic E-state index is 0. The fraction of sp³-hybridized carbons (Fsp3) is 0. The smallest absolute Gasteiger partial charge is 0.744 e. The average molecular weight is 572 g/mol. The quantitative estimate of drug-likeness (QED) is 0.116. The van der Waals surface area contributed by atoms with Gasteiger partial charge in [0, 0.05) is 11.4 Å². The van der Waals surface area contributed by atoms with E-state index in [0.717, 1.165) is 12.1 Å². The third-order valence-corrected chi connectivity index (χ3v) is 6.29. The van der Waals surface area contributed by atoms with Crippen molar-refractivity contribution in [2.75, 3.05) is 10.6 Å². The monoisotopic (exact) mass is 572 g/mol. The van der Waals surface area contributed by atoms with Crippen molar-refractivity contribution in [3.63, 3.8) is 0 Å². The van der Waals surface area contributed by atoms with Gasteiger partial charge >= 0.3 is 59.1 Å². The molecule has 0 aliphatic heterocycles. The molecule has 0 saturated heterocycles. The normalized spacial score (nSPS) is 11.3. The summed E-state index contributed by atoms with van der Waals surface area (Å²) in [6, 6.07) is 7.74. The van der Waals surface area contributed by atoms with Gasteiger partial charge in [0.2, 0.25) is 11.9 Å². The van der Waals surface area contributed by atoms with Crippen molar-refractivity contribution in [3.05, 3.63) is 72.8 Å². The molecule has 0 bridgehead atoms. The zero-order valence-corrected chi connectivity index (χ0v) is 25.5. The Labute approximate surface area is 261 Å². The molecule has 0 fully saturated rings. The Hall–Kier alpha value is -2.38. The van der Waals surface area contributed by atoms with Crippen LogP contribution < -0.4 is 69.7 Å². The molecule has 0 radical (unpaired) electrons. The zero-order chi connectivity index (χ0) is 25.8. The van der Waals surface area contributed by atoms with Crippen LogP contribution in [0, 0.1) is 0 Å². The van der Waals surface area contributed by atoms with Gasteiger partial charge in [-0.2, -0.15) is 0 Å². The maximum Gasteiger partial charge on any atom is 1.00 e. The molecule has 2 aromatic heterocycles. The van der Waals surface area contributed by atoms with E-state index >= 15 is 0 Å². The van der Waals surface area contributed by atoms with Crippen molar-refractivity contribution in [1.29, 1.82) is 0 Å². The number of nitrogens with one attached hydrogen (secondary N) is 2. The van der Waals surface area contributed by atoms with E-state index in [-0.39, 0.29) is 93.5 Å². The summed E-state index contributed by atoms with van der Waals surface area (Å²) in [4.78, 5) is 21.6. The molecular formula is C20H14N8Na2O6S2. The molecule has 0 aliphatic carbocycles. The standard InChI is InChI=1S/C20H16N8O6S2.2Na/c29-35(30,31)17-7-15(27-19-23-9-21-10-24-19)5-3-13(17)1-2-14-4-6-16(8-18(14)36(32,33)34)28-20-25-11-22-12-26-20;;/h1-12H,(H,29,30,31)(H,32,33,34)(H,21,23,24,27)(H,22,25,26,28);;/q;2*+1/p-2. The topological polar surface area (TPSA) is 216 Å². The van der Waals surface area contributed by atoms with Gasteiger partial charge in [-0.1, -0.05) is 24.3 Å². The molecule has 2 N–H and O–H groups in total. The van der Waals surface area contributed by atoms with Crippen molar-refractivity contribution in [2.45, 2.75) is 9.79 Å². The van der Waals surface area contributed by atoms with Crippen LogP contribution in [0.1, 0.15) is 11.1 Å². The zero-order valence-electron chi connectivity index (χ0n) is 19.9. The first kappa shape index (κ1) is 31.8. The van der Waals surface area contributed by atoms with Crippen molar-refractivity contribution in [3.8, 4) is 0 Å². The van der Waals surface area contributed by atoms with Gasteiger partial charge in [0.25, 0.3) is 0 Å². The summed E-state index contributed by atoms with van der Waals surface area (Å²) in [6.45, 7) is 0. The fourth-order valence-electron chi connectivity index (χ4n) is 2.98. The molecule has 0 atom stereocenters. The number of aromatic nitrogens is 6. The van der Waals surface area contributed by atoms with Crippen LogP contribution in [0.15, 0.2) is 71.5 Å². The second kappa shape index (κ2) is 13.6. The molecule has 0 spiro atoms. The summed E-state index contributed by atoms with van der Waals surface area (Å²) in [5.74, 6) is 0.248. The number of nitrogens with zero attached hydrogens (tertiary/aromatic N) is 6. The molecule has 0 amide bonds. The summed E-state index contributed by atoms with van der Waals surface area (Å²) < 4.78 is 71.3. The molecule has 184 valence electrons.